The standard InChI is InChI=1S/C23H16F3N5O4/c24-23(25,26)15-8-11-19(27-12-15)35-17-9-6-14(7-10-17)21(33)28-29-22(34)20-18(32)13-31(30-20)16-4-2-1-3-5-16/h1-13,32H,(H,28,33)(H,29,34). The summed E-state index contributed by atoms with van der Waals surface area (Å²) in [6.07, 6.45) is -2.59. The van der Waals surface area contributed by atoms with Crippen LogP contribution in [0.15, 0.2) is 79.1 Å². The third-order valence-electron chi connectivity index (χ3n) is 4.62. The van der Waals surface area contributed by atoms with Crippen LogP contribution in [-0.2, 0) is 6.18 Å². The molecule has 12 heteroatoms. The molecule has 2 aromatic heterocycles. The maximum absolute atomic E-state index is 12.6. The summed E-state index contributed by atoms with van der Waals surface area (Å²) in [7, 11) is 0. The van der Waals surface area contributed by atoms with Crippen molar-refractivity contribution in [3.05, 3.63) is 95.9 Å². The average Bonchev–Trinajstić information content (AvgIpc) is 3.25. The lowest BCUT2D eigenvalue weighted by atomic mass is 10.2. The average molecular weight is 483 g/mol. The Kier molecular flexibility index (Phi) is 6.36. The second-order valence-corrected chi connectivity index (χ2v) is 7.06. The molecule has 2 heterocycles. The van der Waals surface area contributed by atoms with E-state index in [1.807, 2.05) is 0 Å². The summed E-state index contributed by atoms with van der Waals surface area (Å²) < 4.78 is 44.5. The molecule has 0 radical (unpaired) electrons. The number of benzene rings is 2. The molecule has 9 nitrogen and oxygen atoms in total. The zero-order chi connectivity index (χ0) is 25.0. The van der Waals surface area contributed by atoms with Gasteiger partial charge < -0.3 is 9.84 Å². The molecular formula is C23H16F3N5O4. The molecule has 4 rings (SSSR count). The highest BCUT2D eigenvalue weighted by atomic mass is 19.4. The van der Waals surface area contributed by atoms with Crippen molar-refractivity contribution < 1.29 is 32.6 Å². The molecule has 0 unspecified atom stereocenters. The van der Waals surface area contributed by atoms with Crippen molar-refractivity contribution in [3.8, 4) is 23.1 Å². The zero-order valence-corrected chi connectivity index (χ0v) is 17.7. The molecule has 0 atom stereocenters. The topological polar surface area (TPSA) is 118 Å². The first-order valence-electron chi connectivity index (χ1n) is 9.96. The quantitative estimate of drug-likeness (QED) is 0.371. The molecule has 0 bridgehead atoms. The van der Waals surface area contributed by atoms with E-state index in [9.17, 15) is 27.9 Å². The Balaban J connectivity index is 1.34. The molecular weight excluding hydrogens is 467 g/mol. The van der Waals surface area contributed by atoms with Crippen LogP contribution < -0.4 is 15.6 Å². The van der Waals surface area contributed by atoms with Crippen LogP contribution in [0.5, 0.6) is 17.4 Å². The predicted octanol–water partition coefficient (Wildman–Crippen LogP) is 3.86. The van der Waals surface area contributed by atoms with Gasteiger partial charge in [0.2, 0.25) is 5.88 Å². The number of halogens is 3. The molecule has 0 saturated heterocycles. The summed E-state index contributed by atoms with van der Waals surface area (Å²) in [6.45, 7) is 0. The van der Waals surface area contributed by atoms with Gasteiger partial charge in [-0.1, -0.05) is 18.2 Å². The number of para-hydroxylation sites is 1. The number of carbonyl (C=O) groups is 2. The summed E-state index contributed by atoms with van der Waals surface area (Å²) in [6, 6.07) is 16.3. The van der Waals surface area contributed by atoms with Crippen molar-refractivity contribution in [3.63, 3.8) is 0 Å². The van der Waals surface area contributed by atoms with E-state index in [1.165, 1.54) is 35.1 Å². The fourth-order valence-electron chi connectivity index (χ4n) is 2.89. The van der Waals surface area contributed by atoms with Crippen LogP contribution in [0, 0.1) is 0 Å². The highest BCUT2D eigenvalue weighted by molar-refractivity contribution is 5.99. The fourth-order valence-corrected chi connectivity index (χ4v) is 2.89. The number of alkyl halides is 3. The first-order valence-corrected chi connectivity index (χ1v) is 9.96. The van der Waals surface area contributed by atoms with Crippen molar-refractivity contribution in [2.75, 3.05) is 0 Å². The minimum Gasteiger partial charge on any atom is -0.504 e. The Hall–Kier alpha value is -4.87. The number of hydrazine groups is 1. The van der Waals surface area contributed by atoms with Gasteiger partial charge in [0.05, 0.1) is 17.4 Å². The third kappa shape index (κ3) is 5.55. The number of pyridine rings is 1. The normalized spacial score (nSPS) is 11.1. The van der Waals surface area contributed by atoms with Crippen LogP contribution in [0.2, 0.25) is 0 Å². The van der Waals surface area contributed by atoms with E-state index >= 15 is 0 Å². The maximum atomic E-state index is 12.6. The second kappa shape index (κ2) is 9.55. The van der Waals surface area contributed by atoms with Gasteiger partial charge in [-0.05, 0) is 42.5 Å². The van der Waals surface area contributed by atoms with Crippen molar-refractivity contribution >= 4 is 11.8 Å². The number of rotatable bonds is 5. The Labute approximate surface area is 195 Å². The third-order valence-corrected chi connectivity index (χ3v) is 4.62. The van der Waals surface area contributed by atoms with Gasteiger partial charge in [0.25, 0.3) is 11.8 Å². The van der Waals surface area contributed by atoms with Gasteiger partial charge in [0, 0.05) is 17.8 Å². The Morgan fingerprint density at radius 2 is 1.60 bits per heavy atom. The minimum atomic E-state index is -4.50. The lowest BCUT2D eigenvalue weighted by molar-refractivity contribution is -0.137. The fraction of sp³-hybridized carbons (Fsp3) is 0.0435. The van der Waals surface area contributed by atoms with Gasteiger partial charge >= 0.3 is 6.18 Å². The Morgan fingerprint density at radius 3 is 2.23 bits per heavy atom. The Bertz CT molecular complexity index is 1340. The number of aromatic hydroxyl groups is 1. The van der Waals surface area contributed by atoms with Gasteiger partial charge in [0.1, 0.15) is 5.75 Å². The summed E-state index contributed by atoms with van der Waals surface area (Å²) in [5.41, 5.74) is 3.95. The van der Waals surface area contributed by atoms with Crippen LogP contribution in [0.1, 0.15) is 26.4 Å². The number of amides is 2. The molecule has 0 aliphatic rings. The summed E-state index contributed by atoms with van der Waals surface area (Å²) in [4.78, 5) is 28.3. The highest BCUT2D eigenvalue weighted by Gasteiger charge is 2.30. The second-order valence-electron chi connectivity index (χ2n) is 7.06. The number of nitrogens with zero attached hydrogens (tertiary/aromatic N) is 3. The van der Waals surface area contributed by atoms with Crippen LogP contribution >= 0.6 is 0 Å². The first kappa shape index (κ1) is 23.3. The van der Waals surface area contributed by atoms with Gasteiger partial charge in [0.15, 0.2) is 11.4 Å². The van der Waals surface area contributed by atoms with Gasteiger partial charge in [-0.3, -0.25) is 20.4 Å². The van der Waals surface area contributed by atoms with Crippen LogP contribution in [0.3, 0.4) is 0 Å². The minimum absolute atomic E-state index is 0.0581. The number of hydrogen-bond acceptors (Lipinski definition) is 6. The van der Waals surface area contributed by atoms with Gasteiger partial charge in [-0.2, -0.15) is 18.3 Å². The lowest BCUT2D eigenvalue weighted by Gasteiger charge is -2.09. The molecule has 178 valence electrons. The highest BCUT2D eigenvalue weighted by Crippen LogP contribution is 2.30. The van der Waals surface area contributed by atoms with E-state index in [-0.39, 0.29) is 28.6 Å². The van der Waals surface area contributed by atoms with Crippen molar-refractivity contribution in [1.29, 1.82) is 0 Å². The molecule has 35 heavy (non-hydrogen) atoms. The Morgan fingerprint density at radius 1 is 0.914 bits per heavy atom. The van der Waals surface area contributed by atoms with Crippen LogP contribution in [0.25, 0.3) is 5.69 Å². The largest absolute Gasteiger partial charge is 0.504 e. The zero-order valence-electron chi connectivity index (χ0n) is 17.7. The molecule has 0 aliphatic heterocycles. The van der Waals surface area contributed by atoms with E-state index in [1.54, 1.807) is 30.3 Å². The van der Waals surface area contributed by atoms with Gasteiger partial charge in [-0.15, -0.1) is 0 Å². The summed E-state index contributed by atoms with van der Waals surface area (Å²) in [5.74, 6) is -1.70. The molecule has 4 aromatic rings. The molecule has 3 N–H and O–H groups in total. The number of hydrogen-bond donors (Lipinski definition) is 3. The summed E-state index contributed by atoms with van der Waals surface area (Å²) >= 11 is 0. The van der Waals surface area contributed by atoms with E-state index in [4.69, 9.17) is 4.74 Å². The van der Waals surface area contributed by atoms with Crippen molar-refractivity contribution in [2.45, 2.75) is 6.18 Å². The number of ether oxygens (including phenoxy) is 1. The van der Waals surface area contributed by atoms with E-state index in [0.717, 1.165) is 12.1 Å². The molecule has 0 spiro atoms. The van der Waals surface area contributed by atoms with Crippen LogP contribution in [-0.4, -0.2) is 31.7 Å². The predicted molar refractivity (Wildman–Crippen MR) is 116 cm³/mol. The smallest absolute Gasteiger partial charge is 0.417 e. The molecule has 0 aliphatic carbocycles. The number of carbonyl (C=O) groups excluding carboxylic acids is 2. The monoisotopic (exact) mass is 483 g/mol. The molecule has 0 fully saturated rings. The van der Waals surface area contributed by atoms with Crippen molar-refractivity contribution in [1.82, 2.24) is 25.6 Å². The van der Waals surface area contributed by atoms with E-state index in [2.05, 4.69) is 20.9 Å². The van der Waals surface area contributed by atoms with E-state index in [0.29, 0.717) is 11.9 Å². The maximum Gasteiger partial charge on any atom is 0.417 e. The summed E-state index contributed by atoms with van der Waals surface area (Å²) in [5, 5.41) is 14.0. The molecule has 2 aromatic carbocycles. The SMILES string of the molecule is O=C(NNC(=O)c1nn(-c2ccccc2)cc1O)c1ccc(Oc2ccc(C(F)(F)F)cn2)cc1. The first-order chi connectivity index (χ1) is 16.7. The van der Waals surface area contributed by atoms with E-state index < -0.39 is 23.6 Å². The number of aromatic nitrogens is 3. The number of nitrogens with one attached hydrogen (secondary N) is 2. The lowest BCUT2D eigenvalue weighted by Crippen LogP contribution is -2.41. The van der Waals surface area contributed by atoms with Crippen molar-refractivity contribution in [2.24, 2.45) is 0 Å². The molecule has 0 saturated carbocycles. The molecule has 2 amide bonds. The van der Waals surface area contributed by atoms with Crippen LogP contribution in [0.4, 0.5) is 13.2 Å². The van der Waals surface area contributed by atoms with Gasteiger partial charge in [-0.25, -0.2) is 9.67 Å².